The highest BCUT2D eigenvalue weighted by molar-refractivity contribution is 7.89. The predicted octanol–water partition coefficient (Wildman–Crippen LogP) is 1.91. The Morgan fingerprint density at radius 3 is 2.64 bits per heavy atom. The molecule has 2 saturated heterocycles. The molecule has 1 N–H and O–H groups in total. The lowest BCUT2D eigenvalue weighted by Gasteiger charge is -2.30. The smallest absolute Gasteiger partial charge is 0.259 e. The molecule has 0 bridgehead atoms. The number of nitrogens with zero attached hydrogens (tertiary/aromatic N) is 4. The molecule has 0 saturated carbocycles. The average molecular weight is 428 g/mol. The molecule has 3 heterocycles. The van der Waals surface area contributed by atoms with E-state index in [0.717, 1.165) is 38.9 Å². The molecule has 2 aliphatic heterocycles. The van der Waals surface area contributed by atoms with Crippen LogP contribution in [0.3, 0.4) is 0 Å². The first-order chi connectivity index (χ1) is 13.1. The maximum atomic E-state index is 13.2. The van der Waals surface area contributed by atoms with Gasteiger partial charge in [0.05, 0.1) is 16.5 Å². The minimum Gasteiger partial charge on any atom is -0.334 e. The molecular weight excluding hydrogens is 402 g/mol. The van der Waals surface area contributed by atoms with Crippen molar-refractivity contribution in [1.82, 2.24) is 24.7 Å². The summed E-state index contributed by atoms with van der Waals surface area (Å²) in [5.74, 6) is 0.824. The molecule has 1 aromatic carbocycles. The quantitative estimate of drug-likeness (QED) is 0.796. The Kier molecular flexibility index (Phi) is 6.72. The average Bonchev–Trinajstić information content (AvgIpc) is 3.19. The number of halogens is 1. The first-order valence-corrected chi connectivity index (χ1v) is 10.9. The fraction of sp³-hybridized carbons (Fsp3) is 0.556. The van der Waals surface area contributed by atoms with Gasteiger partial charge in [-0.15, -0.1) is 12.4 Å². The first-order valence-electron chi connectivity index (χ1n) is 9.41. The summed E-state index contributed by atoms with van der Waals surface area (Å²) in [6.45, 7) is 3.68. The van der Waals surface area contributed by atoms with Crippen molar-refractivity contribution in [3.63, 3.8) is 0 Å². The number of likely N-dealkylation sites (N-methyl/N-ethyl adjacent to an activating group) is 1. The van der Waals surface area contributed by atoms with E-state index < -0.39 is 10.0 Å². The largest absolute Gasteiger partial charge is 0.334 e. The van der Waals surface area contributed by atoms with Crippen LogP contribution in [0.25, 0.3) is 11.5 Å². The Labute approximate surface area is 171 Å². The van der Waals surface area contributed by atoms with Crippen molar-refractivity contribution in [2.24, 2.45) is 0 Å². The molecule has 2 aliphatic rings. The van der Waals surface area contributed by atoms with Crippen molar-refractivity contribution in [3.8, 4) is 11.5 Å². The molecule has 0 amide bonds. The molecule has 1 aromatic heterocycles. The molecule has 10 heteroatoms. The Morgan fingerprint density at radius 1 is 1.14 bits per heavy atom. The second-order valence-corrected chi connectivity index (χ2v) is 9.03. The van der Waals surface area contributed by atoms with Crippen molar-refractivity contribution >= 4 is 22.4 Å². The number of piperidine rings is 1. The number of rotatable bonds is 4. The van der Waals surface area contributed by atoms with Gasteiger partial charge >= 0.3 is 0 Å². The lowest BCUT2D eigenvalue weighted by molar-refractivity contribution is 0.190. The number of sulfonamides is 1. The normalized spacial score (nSPS) is 22.0. The monoisotopic (exact) mass is 427 g/mol. The van der Waals surface area contributed by atoms with E-state index in [1.807, 2.05) is 7.05 Å². The van der Waals surface area contributed by atoms with Crippen molar-refractivity contribution in [2.75, 3.05) is 39.8 Å². The van der Waals surface area contributed by atoms with Gasteiger partial charge in [0.25, 0.3) is 5.89 Å². The van der Waals surface area contributed by atoms with Gasteiger partial charge in [0.2, 0.25) is 10.0 Å². The highest BCUT2D eigenvalue weighted by Gasteiger charge is 2.31. The van der Waals surface area contributed by atoms with E-state index in [-0.39, 0.29) is 29.2 Å². The summed E-state index contributed by atoms with van der Waals surface area (Å²) in [7, 11) is -1.56. The molecule has 8 nitrogen and oxygen atoms in total. The molecule has 4 rings (SSSR count). The van der Waals surface area contributed by atoms with Gasteiger partial charge in [-0.05, 0) is 32.0 Å². The van der Waals surface area contributed by atoms with Gasteiger partial charge in [0, 0.05) is 32.7 Å². The highest BCUT2D eigenvalue weighted by atomic mass is 35.5. The number of aromatic nitrogens is 2. The summed E-state index contributed by atoms with van der Waals surface area (Å²) in [5.41, 5.74) is 0.466. The summed E-state index contributed by atoms with van der Waals surface area (Å²) in [4.78, 5) is 6.93. The van der Waals surface area contributed by atoms with Gasteiger partial charge in [0.1, 0.15) is 0 Å². The maximum Gasteiger partial charge on any atom is 0.259 e. The van der Waals surface area contributed by atoms with Gasteiger partial charge in [-0.25, -0.2) is 8.42 Å². The molecule has 28 heavy (non-hydrogen) atoms. The summed E-state index contributed by atoms with van der Waals surface area (Å²) in [6, 6.07) is 6.90. The van der Waals surface area contributed by atoms with Crippen molar-refractivity contribution in [1.29, 1.82) is 0 Å². The highest BCUT2D eigenvalue weighted by Crippen LogP contribution is 2.31. The zero-order valence-electron chi connectivity index (χ0n) is 15.9. The van der Waals surface area contributed by atoms with Crippen LogP contribution in [0, 0.1) is 0 Å². The van der Waals surface area contributed by atoms with E-state index in [9.17, 15) is 8.42 Å². The predicted molar refractivity (Wildman–Crippen MR) is 108 cm³/mol. The van der Waals surface area contributed by atoms with Crippen molar-refractivity contribution in [3.05, 3.63) is 30.1 Å². The molecule has 2 aromatic rings. The Bertz CT molecular complexity index is 898. The van der Waals surface area contributed by atoms with Crippen LogP contribution in [0.1, 0.15) is 31.1 Å². The molecule has 1 unspecified atom stereocenters. The van der Waals surface area contributed by atoms with E-state index in [0.29, 0.717) is 24.5 Å². The zero-order valence-corrected chi connectivity index (χ0v) is 17.5. The van der Waals surface area contributed by atoms with E-state index in [1.165, 1.54) is 0 Å². The SMILES string of the molecule is CN1CCNCC1c1noc(-c2ccccc2S(=O)(=O)N2CCCCC2)n1.Cl. The lowest BCUT2D eigenvalue weighted by Crippen LogP contribution is -2.44. The Morgan fingerprint density at radius 2 is 1.89 bits per heavy atom. The lowest BCUT2D eigenvalue weighted by atomic mass is 10.2. The minimum absolute atomic E-state index is 0. The van der Waals surface area contributed by atoms with Crippen LogP contribution in [-0.4, -0.2) is 67.5 Å². The Balaban J connectivity index is 0.00000225. The molecule has 1 atom stereocenters. The number of nitrogens with one attached hydrogen (secondary N) is 1. The number of hydrogen-bond donors (Lipinski definition) is 1. The number of piperazine rings is 1. The summed E-state index contributed by atoms with van der Waals surface area (Å²) < 4.78 is 33.4. The molecule has 0 spiro atoms. The third-order valence-corrected chi connectivity index (χ3v) is 7.26. The second kappa shape index (κ2) is 8.87. The Hall–Kier alpha value is -1.52. The number of hydrogen-bond acceptors (Lipinski definition) is 7. The first kappa shape index (κ1) is 21.2. The second-order valence-electron chi connectivity index (χ2n) is 7.12. The van der Waals surface area contributed by atoms with E-state index in [2.05, 4.69) is 20.4 Å². The van der Waals surface area contributed by atoms with E-state index in [4.69, 9.17) is 4.52 Å². The number of benzene rings is 1. The van der Waals surface area contributed by atoms with Crippen LogP contribution in [0.2, 0.25) is 0 Å². The van der Waals surface area contributed by atoms with Gasteiger partial charge < -0.3 is 9.84 Å². The molecule has 2 fully saturated rings. The van der Waals surface area contributed by atoms with E-state index >= 15 is 0 Å². The van der Waals surface area contributed by atoms with Crippen LogP contribution in [0.5, 0.6) is 0 Å². The maximum absolute atomic E-state index is 13.2. The fourth-order valence-corrected chi connectivity index (χ4v) is 5.39. The summed E-state index contributed by atoms with van der Waals surface area (Å²) in [6.07, 6.45) is 2.86. The van der Waals surface area contributed by atoms with Crippen LogP contribution in [0.4, 0.5) is 0 Å². The van der Waals surface area contributed by atoms with Gasteiger partial charge in [-0.3, -0.25) is 4.90 Å². The molecular formula is C18H26ClN5O3S. The van der Waals surface area contributed by atoms with E-state index in [1.54, 1.807) is 28.6 Å². The van der Waals surface area contributed by atoms with Crippen LogP contribution >= 0.6 is 12.4 Å². The standard InChI is InChI=1S/C18H25N5O3S.ClH/c1-22-12-9-19-13-15(22)17-20-18(26-21-17)14-7-3-4-8-16(14)27(24,25)23-10-5-2-6-11-23;/h3-4,7-8,15,19H,2,5-6,9-13H2,1H3;1H. The third-order valence-electron chi connectivity index (χ3n) is 5.30. The minimum atomic E-state index is -3.58. The molecule has 0 radical (unpaired) electrons. The zero-order chi connectivity index (χ0) is 18.9. The van der Waals surface area contributed by atoms with Crippen molar-refractivity contribution in [2.45, 2.75) is 30.2 Å². The topological polar surface area (TPSA) is 91.6 Å². The molecule has 0 aliphatic carbocycles. The van der Waals surface area contributed by atoms with Crippen LogP contribution in [0.15, 0.2) is 33.7 Å². The third kappa shape index (κ3) is 4.08. The van der Waals surface area contributed by atoms with Crippen LogP contribution in [-0.2, 0) is 10.0 Å². The summed E-state index contributed by atoms with van der Waals surface area (Å²) in [5, 5.41) is 7.45. The van der Waals surface area contributed by atoms with Gasteiger partial charge in [0.15, 0.2) is 5.82 Å². The van der Waals surface area contributed by atoms with Gasteiger partial charge in [-0.1, -0.05) is 23.7 Å². The van der Waals surface area contributed by atoms with Crippen LogP contribution < -0.4 is 5.32 Å². The fourth-order valence-electron chi connectivity index (χ4n) is 3.69. The summed E-state index contributed by atoms with van der Waals surface area (Å²) >= 11 is 0. The molecule has 154 valence electrons. The van der Waals surface area contributed by atoms with Crippen molar-refractivity contribution < 1.29 is 12.9 Å². The van der Waals surface area contributed by atoms with Gasteiger partial charge in [-0.2, -0.15) is 9.29 Å².